The van der Waals surface area contributed by atoms with Gasteiger partial charge in [0.15, 0.2) is 0 Å². The minimum Gasteiger partial charge on any atom is -0.396 e. The van der Waals surface area contributed by atoms with E-state index >= 15 is 0 Å². The van der Waals surface area contributed by atoms with Gasteiger partial charge < -0.3 is 15.3 Å². The molecule has 1 saturated carbocycles. The maximum Gasteiger partial charge on any atom is 0.245 e. The Kier molecular flexibility index (Phi) is 5.84. The first kappa shape index (κ1) is 17.3. The molecule has 1 heterocycles. The van der Waals surface area contributed by atoms with Crippen molar-refractivity contribution in [3.63, 3.8) is 0 Å². The van der Waals surface area contributed by atoms with E-state index in [-0.39, 0.29) is 35.8 Å². The predicted octanol–water partition coefficient (Wildman–Crippen LogP) is 1.69. The van der Waals surface area contributed by atoms with Crippen molar-refractivity contribution >= 4 is 11.8 Å². The number of hydrogen-bond acceptors (Lipinski definition) is 3. The molecule has 2 N–H and O–H groups in total. The van der Waals surface area contributed by atoms with Crippen molar-refractivity contribution < 1.29 is 14.7 Å². The molecule has 1 aliphatic heterocycles. The van der Waals surface area contributed by atoms with Gasteiger partial charge in [0.05, 0.1) is 0 Å². The van der Waals surface area contributed by atoms with Gasteiger partial charge in [0.2, 0.25) is 11.8 Å². The van der Waals surface area contributed by atoms with E-state index in [4.69, 9.17) is 0 Å². The molecule has 0 aromatic carbocycles. The zero-order valence-corrected chi connectivity index (χ0v) is 13.9. The summed E-state index contributed by atoms with van der Waals surface area (Å²) in [5, 5.41) is 12.5. The Morgan fingerprint density at radius 1 is 1.27 bits per heavy atom. The summed E-state index contributed by atoms with van der Waals surface area (Å²) >= 11 is 0. The standard InChI is InChI=1S/C17H30N2O3/c1-3-17(12-20)8-10-19(11-9-17)16(22)15(18-13(2)21)14-6-4-5-7-14/h14-15,20H,3-12H2,1-2H3,(H,18,21). The molecule has 2 aliphatic rings. The average Bonchev–Trinajstić information content (AvgIpc) is 3.06. The summed E-state index contributed by atoms with van der Waals surface area (Å²) in [6, 6.07) is -0.358. The molecular weight excluding hydrogens is 280 g/mol. The third-order valence-electron chi connectivity index (χ3n) is 5.72. The van der Waals surface area contributed by atoms with Crippen LogP contribution in [0.3, 0.4) is 0 Å². The summed E-state index contributed by atoms with van der Waals surface area (Å²) in [6.07, 6.45) is 7.00. The molecule has 5 heteroatoms. The molecular formula is C17H30N2O3. The minimum atomic E-state index is -0.358. The van der Waals surface area contributed by atoms with E-state index in [0.29, 0.717) is 13.1 Å². The van der Waals surface area contributed by atoms with Crippen molar-refractivity contribution in [2.24, 2.45) is 11.3 Å². The minimum absolute atomic E-state index is 0.0202. The van der Waals surface area contributed by atoms with E-state index in [1.807, 2.05) is 4.90 Å². The predicted molar refractivity (Wildman–Crippen MR) is 85.2 cm³/mol. The lowest BCUT2D eigenvalue weighted by Crippen LogP contribution is -2.54. The Morgan fingerprint density at radius 3 is 2.32 bits per heavy atom. The van der Waals surface area contributed by atoms with E-state index in [1.165, 1.54) is 6.92 Å². The zero-order chi connectivity index (χ0) is 16.2. The van der Waals surface area contributed by atoms with E-state index < -0.39 is 0 Å². The molecule has 1 atom stereocenters. The molecule has 0 aromatic heterocycles. The van der Waals surface area contributed by atoms with Crippen LogP contribution in [0.5, 0.6) is 0 Å². The van der Waals surface area contributed by atoms with Gasteiger partial charge in [-0.3, -0.25) is 9.59 Å². The Balaban J connectivity index is 2.00. The van der Waals surface area contributed by atoms with E-state index in [2.05, 4.69) is 12.2 Å². The lowest BCUT2D eigenvalue weighted by molar-refractivity contribution is -0.140. The Hall–Kier alpha value is -1.10. The normalized spacial score (nSPS) is 23.3. The van der Waals surface area contributed by atoms with Crippen LogP contribution in [0.25, 0.3) is 0 Å². The fourth-order valence-electron chi connectivity index (χ4n) is 3.91. The van der Waals surface area contributed by atoms with Crippen molar-refractivity contribution in [2.45, 2.75) is 64.8 Å². The molecule has 2 amide bonds. The van der Waals surface area contributed by atoms with Crippen LogP contribution in [0.4, 0.5) is 0 Å². The quantitative estimate of drug-likeness (QED) is 0.812. The lowest BCUT2D eigenvalue weighted by Gasteiger charge is -2.41. The van der Waals surface area contributed by atoms with Crippen LogP contribution in [-0.2, 0) is 9.59 Å². The van der Waals surface area contributed by atoms with E-state index in [9.17, 15) is 14.7 Å². The highest BCUT2D eigenvalue weighted by molar-refractivity contribution is 5.87. The van der Waals surface area contributed by atoms with Crippen LogP contribution in [0.2, 0.25) is 0 Å². The van der Waals surface area contributed by atoms with Gasteiger partial charge in [0.25, 0.3) is 0 Å². The van der Waals surface area contributed by atoms with Crippen LogP contribution in [0.15, 0.2) is 0 Å². The van der Waals surface area contributed by atoms with Crippen molar-refractivity contribution in [3.05, 3.63) is 0 Å². The molecule has 1 aliphatic carbocycles. The maximum absolute atomic E-state index is 12.9. The van der Waals surface area contributed by atoms with Crippen molar-refractivity contribution in [2.75, 3.05) is 19.7 Å². The Bertz CT molecular complexity index is 391. The fourth-order valence-corrected chi connectivity index (χ4v) is 3.91. The largest absolute Gasteiger partial charge is 0.396 e. The van der Waals surface area contributed by atoms with Gasteiger partial charge >= 0.3 is 0 Å². The third kappa shape index (κ3) is 3.80. The second-order valence-corrected chi connectivity index (χ2v) is 7.06. The van der Waals surface area contributed by atoms with Crippen LogP contribution in [0.1, 0.15) is 58.8 Å². The number of piperidine rings is 1. The smallest absolute Gasteiger partial charge is 0.245 e. The van der Waals surface area contributed by atoms with Crippen LogP contribution < -0.4 is 5.32 Å². The molecule has 2 rings (SSSR count). The van der Waals surface area contributed by atoms with E-state index in [1.54, 1.807) is 0 Å². The number of aliphatic hydroxyl groups is 1. The van der Waals surface area contributed by atoms with Gasteiger partial charge in [0.1, 0.15) is 6.04 Å². The third-order valence-corrected chi connectivity index (χ3v) is 5.72. The van der Waals surface area contributed by atoms with Gasteiger partial charge in [-0.2, -0.15) is 0 Å². The zero-order valence-electron chi connectivity index (χ0n) is 13.9. The summed E-state index contributed by atoms with van der Waals surface area (Å²) in [5.74, 6) is 0.234. The second kappa shape index (κ2) is 7.44. The molecule has 1 saturated heterocycles. The summed E-state index contributed by atoms with van der Waals surface area (Å²) in [7, 11) is 0. The highest BCUT2D eigenvalue weighted by Gasteiger charge is 2.38. The highest BCUT2D eigenvalue weighted by atomic mass is 16.3. The van der Waals surface area contributed by atoms with Crippen molar-refractivity contribution in [1.29, 1.82) is 0 Å². The molecule has 22 heavy (non-hydrogen) atoms. The molecule has 126 valence electrons. The lowest BCUT2D eigenvalue weighted by atomic mass is 9.77. The number of rotatable bonds is 5. The van der Waals surface area contributed by atoms with Gasteiger partial charge in [-0.25, -0.2) is 0 Å². The number of hydrogen-bond donors (Lipinski definition) is 2. The molecule has 0 bridgehead atoms. The van der Waals surface area contributed by atoms with Crippen molar-refractivity contribution in [3.8, 4) is 0 Å². The molecule has 2 fully saturated rings. The molecule has 0 radical (unpaired) electrons. The second-order valence-electron chi connectivity index (χ2n) is 7.06. The van der Waals surface area contributed by atoms with E-state index in [0.717, 1.165) is 44.9 Å². The molecule has 1 unspecified atom stereocenters. The summed E-state index contributed by atoms with van der Waals surface area (Å²) in [5.41, 5.74) is -0.0202. The number of likely N-dealkylation sites (tertiary alicyclic amines) is 1. The number of nitrogens with one attached hydrogen (secondary N) is 1. The Labute approximate surface area is 133 Å². The first-order chi connectivity index (χ1) is 10.5. The van der Waals surface area contributed by atoms with Gasteiger partial charge in [-0.1, -0.05) is 19.8 Å². The average molecular weight is 310 g/mol. The monoisotopic (exact) mass is 310 g/mol. The van der Waals surface area contributed by atoms with Crippen LogP contribution in [0, 0.1) is 11.3 Å². The SMILES string of the molecule is CCC1(CO)CCN(C(=O)C(NC(C)=O)C2CCCC2)CC1. The highest BCUT2D eigenvalue weighted by Crippen LogP contribution is 2.35. The van der Waals surface area contributed by atoms with Crippen LogP contribution >= 0.6 is 0 Å². The fraction of sp³-hybridized carbons (Fsp3) is 0.882. The number of nitrogens with zero attached hydrogens (tertiary/aromatic N) is 1. The first-order valence-electron chi connectivity index (χ1n) is 8.68. The number of carbonyl (C=O) groups excluding carboxylic acids is 2. The number of amides is 2. The van der Waals surface area contributed by atoms with Gasteiger partial charge in [-0.05, 0) is 43.4 Å². The number of aliphatic hydroxyl groups excluding tert-OH is 1. The summed E-state index contributed by atoms with van der Waals surface area (Å²) in [6.45, 7) is 5.17. The molecule has 0 spiro atoms. The van der Waals surface area contributed by atoms with Crippen LogP contribution in [-0.4, -0.2) is 47.6 Å². The molecule has 5 nitrogen and oxygen atoms in total. The van der Waals surface area contributed by atoms with Gasteiger partial charge in [-0.15, -0.1) is 0 Å². The topological polar surface area (TPSA) is 69.6 Å². The molecule has 0 aromatic rings. The first-order valence-corrected chi connectivity index (χ1v) is 8.68. The van der Waals surface area contributed by atoms with Crippen molar-refractivity contribution in [1.82, 2.24) is 10.2 Å². The summed E-state index contributed by atoms with van der Waals surface area (Å²) in [4.78, 5) is 26.2. The van der Waals surface area contributed by atoms with Gasteiger partial charge in [0, 0.05) is 26.6 Å². The summed E-state index contributed by atoms with van der Waals surface area (Å²) < 4.78 is 0. The number of carbonyl (C=O) groups is 2. The Morgan fingerprint density at radius 2 is 1.86 bits per heavy atom. The maximum atomic E-state index is 12.9.